The van der Waals surface area contributed by atoms with E-state index in [4.69, 9.17) is 24.5 Å². The van der Waals surface area contributed by atoms with Gasteiger partial charge in [-0.1, -0.05) is 57.4 Å². The van der Waals surface area contributed by atoms with Gasteiger partial charge in [0.1, 0.15) is 12.4 Å². The lowest BCUT2D eigenvalue weighted by atomic mass is 9.95. The fourth-order valence-electron chi connectivity index (χ4n) is 3.09. The van der Waals surface area contributed by atoms with E-state index in [9.17, 15) is 4.79 Å². The maximum Gasteiger partial charge on any atom is 0.352 e. The fraction of sp³-hybridized carbons (Fsp3) is 0.400. The van der Waals surface area contributed by atoms with Crippen LogP contribution in [-0.4, -0.2) is 24.5 Å². The Morgan fingerprint density at radius 1 is 0.969 bits per heavy atom. The Hall–Kier alpha value is -3.03. The van der Waals surface area contributed by atoms with Gasteiger partial charge in [-0.15, -0.1) is 4.89 Å². The van der Waals surface area contributed by atoms with Crippen LogP contribution >= 0.6 is 0 Å². The molecule has 2 rings (SSSR count). The number of ether oxygens (including phenoxy) is 1. The average Bonchev–Trinajstić information content (AvgIpc) is 2.80. The number of carbonyl (C=O) groups excluding carboxylic acids is 1. The summed E-state index contributed by atoms with van der Waals surface area (Å²) >= 11 is 0. The van der Waals surface area contributed by atoms with E-state index < -0.39 is 5.97 Å². The van der Waals surface area contributed by atoms with E-state index in [0.717, 1.165) is 29.5 Å². The van der Waals surface area contributed by atoms with Gasteiger partial charge < -0.3 is 14.7 Å². The highest BCUT2D eigenvalue weighted by Gasteiger charge is 2.10. The smallest absolute Gasteiger partial charge is 0.352 e. The maximum atomic E-state index is 11.0. The van der Waals surface area contributed by atoms with E-state index in [2.05, 4.69) is 18.4 Å². The van der Waals surface area contributed by atoms with Crippen LogP contribution in [0, 0.1) is 0 Å². The molecule has 32 heavy (non-hydrogen) atoms. The molecule has 0 aromatic heterocycles. The average molecular weight is 445 g/mol. The molecule has 1 N–H and O–H groups in total. The zero-order chi connectivity index (χ0) is 23.2. The van der Waals surface area contributed by atoms with Crippen molar-refractivity contribution in [1.29, 1.82) is 0 Å². The third-order valence-electron chi connectivity index (χ3n) is 4.67. The first-order valence-corrected chi connectivity index (χ1v) is 10.8. The molecule has 0 amide bonds. The zero-order valence-electron chi connectivity index (χ0n) is 18.8. The number of carbonyl (C=O) groups is 1. The van der Waals surface area contributed by atoms with Gasteiger partial charge in [-0.05, 0) is 53.8 Å². The van der Waals surface area contributed by atoms with Crippen molar-refractivity contribution in [1.82, 2.24) is 0 Å². The molecule has 0 radical (unpaired) electrons. The van der Waals surface area contributed by atoms with Crippen LogP contribution in [0.15, 0.2) is 54.8 Å². The van der Waals surface area contributed by atoms with E-state index in [1.807, 2.05) is 36.4 Å². The number of aliphatic hydroxyl groups is 1. The van der Waals surface area contributed by atoms with E-state index in [1.165, 1.54) is 32.6 Å². The standard InChI is InChI=1S/C25H32O7/c1-4-5-6-7-8-9-22-16-24(32-31-20(3)27)14-15-25(22)21-10-12-23(13-11-21)28-18-29-30-19(2)17-26/h10-16,26H,2,4-9,17-18H2,1,3H3. The second-order valence-corrected chi connectivity index (χ2v) is 7.33. The van der Waals surface area contributed by atoms with Crippen LogP contribution in [0.2, 0.25) is 0 Å². The molecule has 0 spiro atoms. The van der Waals surface area contributed by atoms with Gasteiger partial charge >= 0.3 is 5.97 Å². The van der Waals surface area contributed by atoms with E-state index in [0.29, 0.717) is 11.5 Å². The molecule has 0 aliphatic rings. The van der Waals surface area contributed by atoms with E-state index in [-0.39, 0.29) is 19.2 Å². The summed E-state index contributed by atoms with van der Waals surface area (Å²) in [4.78, 5) is 30.4. The van der Waals surface area contributed by atoms with E-state index >= 15 is 0 Å². The Labute approximate surface area is 189 Å². The van der Waals surface area contributed by atoms with Crippen molar-refractivity contribution in [2.75, 3.05) is 13.4 Å². The summed E-state index contributed by atoms with van der Waals surface area (Å²) in [7, 11) is 0. The first-order chi connectivity index (χ1) is 15.5. The van der Waals surface area contributed by atoms with Crippen LogP contribution in [0.25, 0.3) is 11.1 Å². The van der Waals surface area contributed by atoms with Crippen LogP contribution in [0.3, 0.4) is 0 Å². The summed E-state index contributed by atoms with van der Waals surface area (Å²) in [5, 5.41) is 8.80. The fourth-order valence-corrected chi connectivity index (χ4v) is 3.09. The Bertz CT molecular complexity index is 846. The Morgan fingerprint density at radius 2 is 1.69 bits per heavy atom. The highest BCUT2D eigenvalue weighted by molar-refractivity contribution is 5.69. The minimum Gasteiger partial charge on any atom is -0.464 e. The van der Waals surface area contributed by atoms with Crippen LogP contribution in [0.4, 0.5) is 0 Å². The number of unbranched alkanes of at least 4 members (excludes halogenated alkanes) is 4. The highest BCUT2D eigenvalue weighted by atomic mass is 17.2. The molecule has 2 aromatic carbocycles. The van der Waals surface area contributed by atoms with Gasteiger partial charge in [0.15, 0.2) is 11.5 Å². The lowest BCUT2D eigenvalue weighted by Crippen LogP contribution is -2.05. The molecule has 0 heterocycles. The van der Waals surface area contributed by atoms with Crippen LogP contribution < -0.4 is 9.62 Å². The third-order valence-corrected chi connectivity index (χ3v) is 4.67. The number of aryl methyl sites for hydroxylation is 1. The molecule has 0 fully saturated rings. The van der Waals surface area contributed by atoms with Crippen molar-refractivity contribution in [2.45, 2.75) is 52.4 Å². The Morgan fingerprint density at radius 3 is 2.38 bits per heavy atom. The molecule has 7 nitrogen and oxygen atoms in total. The highest BCUT2D eigenvalue weighted by Crippen LogP contribution is 2.30. The first kappa shape index (κ1) is 25.2. The summed E-state index contributed by atoms with van der Waals surface area (Å²) in [5.74, 6) is 0.713. The molecule has 0 aliphatic carbocycles. The van der Waals surface area contributed by atoms with Crippen LogP contribution in [0.5, 0.6) is 11.5 Å². The first-order valence-electron chi connectivity index (χ1n) is 10.8. The van der Waals surface area contributed by atoms with Gasteiger partial charge in [-0.25, -0.2) is 4.79 Å². The van der Waals surface area contributed by atoms with Gasteiger partial charge in [0.2, 0.25) is 6.79 Å². The summed E-state index contributed by atoms with van der Waals surface area (Å²) in [5.41, 5.74) is 3.24. The van der Waals surface area contributed by atoms with Crippen molar-refractivity contribution in [3.63, 3.8) is 0 Å². The van der Waals surface area contributed by atoms with Gasteiger partial charge in [0.25, 0.3) is 0 Å². The topological polar surface area (TPSA) is 83.5 Å². The minimum atomic E-state index is -0.499. The Balaban J connectivity index is 2.06. The third kappa shape index (κ3) is 8.99. The van der Waals surface area contributed by atoms with Gasteiger partial charge in [0.05, 0.1) is 0 Å². The lowest BCUT2D eigenvalue weighted by molar-refractivity contribution is -0.297. The lowest BCUT2D eigenvalue weighted by Gasteiger charge is -2.13. The summed E-state index contributed by atoms with van der Waals surface area (Å²) in [6.45, 7) is 6.49. The van der Waals surface area contributed by atoms with Crippen LogP contribution in [0.1, 0.15) is 51.5 Å². The quantitative estimate of drug-likeness (QED) is 0.127. The molecule has 0 bridgehead atoms. The number of hydrogen-bond donors (Lipinski definition) is 1. The SMILES string of the molecule is C=C(CO)OOCOc1ccc(-c2ccc(OOC(C)=O)cc2CCCCCCC)cc1. The van der Waals surface area contributed by atoms with E-state index in [1.54, 1.807) is 6.07 Å². The molecule has 0 saturated heterocycles. The largest absolute Gasteiger partial charge is 0.464 e. The molecule has 0 aliphatic heterocycles. The number of benzene rings is 2. The van der Waals surface area contributed by atoms with Crippen LogP contribution in [-0.2, 0) is 25.9 Å². The van der Waals surface area contributed by atoms with Crippen molar-refractivity contribution >= 4 is 5.97 Å². The summed E-state index contributed by atoms with van der Waals surface area (Å²) < 4.78 is 5.46. The van der Waals surface area contributed by atoms with Crippen molar-refractivity contribution in [3.05, 3.63) is 60.4 Å². The van der Waals surface area contributed by atoms with Gasteiger partial charge in [-0.3, -0.25) is 9.78 Å². The Kier molecular flexibility index (Phi) is 11.1. The maximum absolute atomic E-state index is 11.0. The number of rotatable bonds is 15. The predicted octanol–water partition coefficient (Wildman–Crippen LogP) is 5.51. The molecule has 0 atom stereocenters. The second-order valence-electron chi connectivity index (χ2n) is 7.33. The minimum absolute atomic E-state index is 0.104. The monoisotopic (exact) mass is 444 g/mol. The summed E-state index contributed by atoms with van der Waals surface area (Å²) in [6.07, 6.45) is 6.81. The van der Waals surface area contributed by atoms with Gasteiger partial charge in [-0.2, -0.15) is 0 Å². The second kappa shape index (κ2) is 14.1. The van der Waals surface area contributed by atoms with Crippen molar-refractivity contribution in [3.8, 4) is 22.6 Å². The van der Waals surface area contributed by atoms with Crippen molar-refractivity contribution in [2.24, 2.45) is 0 Å². The molecule has 2 aromatic rings. The molecular formula is C25H32O7. The molecular weight excluding hydrogens is 412 g/mol. The number of hydrogen-bond acceptors (Lipinski definition) is 7. The molecule has 174 valence electrons. The molecule has 0 unspecified atom stereocenters. The summed E-state index contributed by atoms with van der Waals surface area (Å²) in [6, 6.07) is 13.3. The zero-order valence-corrected chi connectivity index (χ0v) is 18.8. The normalized spacial score (nSPS) is 10.5. The van der Waals surface area contributed by atoms with Gasteiger partial charge in [0, 0.05) is 6.92 Å². The van der Waals surface area contributed by atoms with Crippen molar-refractivity contribution < 1.29 is 34.2 Å². The molecule has 0 saturated carbocycles. The molecule has 7 heteroatoms. The predicted molar refractivity (Wildman–Crippen MR) is 121 cm³/mol. The number of aliphatic hydroxyl groups excluding tert-OH is 1.